The molecule has 3 N–H and O–H groups in total. The summed E-state index contributed by atoms with van der Waals surface area (Å²) in [5.74, 6) is 1.31. The lowest BCUT2D eigenvalue weighted by atomic mass is 10.1. The number of primary amides is 1. The van der Waals surface area contributed by atoms with Crippen LogP contribution in [0, 0.1) is 6.92 Å². The molecule has 0 aliphatic carbocycles. The molecule has 1 aromatic heterocycles. The van der Waals surface area contributed by atoms with Crippen molar-refractivity contribution in [3.05, 3.63) is 71.1 Å². The first-order valence-electron chi connectivity index (χ1n) is 11.5. The van der Waals surface area contributed by atoms with Gasteiger partial charge in [-0.2, -0.15) is 4.98 Å². The van der Waals surface area contributed by atoms with E-state index >= 15 is 0 Å². The third-order valence-electron chi connectivity index (χ3n) is 5.97. The molecule has 0 atom stereocenters. The zero-order valence-electron chi connectivity index (χ0n) is 19.4. The maximum absolute atomic E-state index is 12.8. The van der Waals surface area contributed by atoms with E-state index in [9.17, 15) is 9.59 Å². The molecule has 34 heavy (non-hydrogen) atoms. The van der Waals surface area contributed by atoms with Gasteiger partial charge in [0.15, 0.2) is 0 Å². The van der Waals surface area contributed by atoms with Gasteiger partial charge in [0, 0.05) is 50.3 Å². The molecule has 4 rings (SSSR count). The quantitative estimate of drug-likeness (QED) is 0.531. The molecule has 0 saturated carbocycles. The lowest BCUT2D eigenvalue weighted by Crippen LogP contribution is -2.48. The number of rotatable bonds is 8. The Morgan fingerprint density at radius 1 is 1.03 bits per heavy atom. The molecule has 9 heteroatoms. The fourth-order valence-electron chi connectivity index (χ4n) is 3.94. The number of nitrogens with two attached hydrogens (primary N) is 1. The zero-order valence-corrected chi connectivity index (χ0v) is 19.4. The van der Waals surface area contributed by atoms with Crippen LogP contribution in [0.1, 0.15) is 33.8 Å². The number of hydrogen-bond acceptors (Lipinski definition) is 6. The summed E-state index contributed by atoms with van der Waals surface area (Å²) < 4.78 is 5.41. The maximum atomic E-state index is 12.8. The molecule has 178 valence electrons. The molecule has 0 bridgehead atoms. The Morgan fingerprint density at radius 2 is 1.74 bits per heavy atom. The molecule has 1 aliphatic heterocycles. The Labute approximate surface area is 198 Å². The van der Waals surface area contributed by atoms with Crippen molar-refractivity contribution in [1.29, 1.82) is 0 Å². The molecular formula is C25H30N6O3. The Bertz CT molecular complexity index is 1100. The van der Waals surface area contributed by atoms with Gasteiger partial charge < -0.3 is 20.5 Å². The minimum atomic E-state index is -0.567. The first-order valence-corrected chi connectivity index (χ1v) is 11.5. The van der Waals surface area contributed by atoms with Gasteiger partial charge in [0.05, 0.1) is 0 Å². The average molecular weight is 463 g/mol. The SMILES string of the molecule is Cc1ccc(-c2noc(CCCN3CCN(C(=O)c4ccc(CNC(N)=O)cc4)CC3)n2)cc1. The van der Waals surface area contributed by atoms with E-state index in [1.54, 1.807) is 12.1 Å². The van der Waals surface area contributed by atoms with E-state index in [-0.39, 0.29) is 5.91 Å². The number of piperazine rings is 1. The van der Waals surface area contributed by atoms with Crippen LogP contribution in [0.4, 0.5) is 4.79 Å². The number of benzene rings is 2. The lowest BCUT2D eigenvalue weighted by molar-refractivity contribution is 0.0635. The van der Waals surface area contributed by atoms with Gasteiger partial charge in [-0.1, -0.05) is 47.1 Å². The molecule has 1 aliphatic rings. The Morgan fingerprint density at radius 3 is 2.41 bits per heavy atom. The number of carbonyl (C=O) groups is 2. The summed E-state index contributed by atoms with van der Waals surface area (Å²) >= 11 is 0. The predicted molar refractivity (Wildman–Crippen MR) is 128 cm³/mol. The van der Waals surface area contributed by atoms with Crippen molar-refractivity contribution in [3.8, 4) is 11.4 Å². The van der Waals surface area contributed by atoms with Crippen molar-refractivity contribution in [2.75, 3.05) is 32.7 Å². The van der Waals surface area contributed by atoms with Crippen LogP contribution in [0.2, 0.25) is 0 Å². The molecule has 1 saturated heterocycles. The van der Waals surface area contributed by atoms with Crippen LogP contribution in [0.25, 0.3) is 11.4 Å². The van der Waals surface area contributed by atoms with Crippen LogP contribution >= 0.6 is 0 Å². The van der Waals surface area contributed by atoms with E-state index in [1.165, 1.54) is 5.56 Å². The zero-order chi connectivity index (χ0) is 23.9. The summed E-state index contributed by atoms with van der Waals surface area (Å²) in [5.41, 5.74) is 8.79. The van der Waals surface area contributed by atoms with Gasteiger partial charge in [-0.05, 0) is 37.6 Å². The first-order chi connectivity index (χ1) is 16.5. The average Bonchev–Trinajstić information content (AvgIpc) is 3.32. The van der Waals surface area contributed by atoms with Crippen molar-refractivity contribution in [1.82, 2.24) is 25.3 Å². The normalized spacial score (nSPS) is 14.2. The van der Waals surface area contributed by atoms with Crippen LogP contribution in [-0.2, 0) is 13.0 Å². The number of amides is 3. The van der Waals surface area contributed by atoms with Crippen LogP contribution in [0.5, 0.6) is 0 Å². The van der Waals surface area contributed by atoms with E-state index in [2.05, 4.69) is 20.4 Å². The van der Waals surface area contributed by atoms with Crippen molar-refractivity contribution >= 4 is 11.9 Å². The summed E-state index contributed by atoms with van der Waals surface area (Å²) in [4.78, 5) is 32.4. The van der Waals surface area contributed by atoms with Gasteiger partial charge in [0.25, 0.3) is 5.91 Å². The van der Waals surface area contributed by atoms with Crippen molar-refractivity contribution in [3.63, 3.8) is 0 Å². The Hall–Kier alpha value is -3.72. The van der Waals surface area contributed by atoms with E-state index in [1.807, 2.05) is 48.2 Å². The van der Waals surface area contributed by atoms with Gasteiger partial charge in [0.1, 0.15) is 0 Å². The standard InChI is InChI=1S/C25H30N6O3/c1-18-4-8-20(9-5-18)23-28-22(34-29-23)3-2-12-30-13-15-31(16-14-30)24(32)21-10-6-19(7-11-21)17-27-25(26)33/h4-11H,2-3,12-17H2,1H3,(H3,26,27,33). The fourth-order valence-corrected chi connectivity index (χ4v) is 3.94. The number of carbonyl (C=O) groups excluding carboxylic acids is 2. The molecule has 3 aromatic rings. The Kier molecular flexibility index (Phi) is 7.54. The van der Waals surface area contributed by atoms with Gasteiger partial charge in [-0.3, -0.25) is 9.69 Å². The van der Waals surface area contributed by atoms with E-state index in [0.717, 1.165) is 43.6 Å². The van der Waals surface area contributed by atoms with Gasteiger partial charge in [-0.25, -0.2) is 4.79 Å². The third kappa shape index (κ3) is 6.20. The molecule has 0 unspecified atom stereocenters. The summed E-state index contributed by atoms with van der Waals surface area (Å²) in [7, 11) is 0. The van der Waals surface area contributed by atoms with Crippen LogP contribution in [0.15, 0.2) is 53.1 Å². The second-order valence-corrected chi connectivity index (χ2v) is 8.53. The molecule has 2 aromatic carbocycles. The topological polar surface area (TPSA) is 118 Å². The minimum absolute atomic E-state index is 0.0311. The van der Waals surface area contributed by atoms with Gasteiger partial charge in [0.2, 0.25) is 11.7 Å². The molecular weight excluding hydrogens is 432 g/mol. The number of nitrogens with zero attached hydrogens (tertiary/aromatic N) is 4. The van der Waals surface area contributed by atoms with Crippen LogP contribution < -0.4 is 11.1 Å². The summed E-state index contributed by atoms with van der Waals surface area (Å²) in [5, 5.41) is 6.64. The second kappa shape index (κ2) is 10.9. The third-order valence-corrected chi connectivity index (χ3v) is 5.97. The van der Waals surface area contributed by atoms with Crippen molar-refractivity contribution in [2.24, 2.45) is 5.73 Å². The van der Waals surface area contributed by atoms with Crippen LogP contribution in [0.3, 0.4) is 0 Å². The molecule has 1 fully saturated rings. The van der Waals surface area contributed by atoms with Crippen LogP contribution in [-0.4, -0.2) is 64.6 Å². The molecule has 0 spiro atoms. The monoisotopic (exact) mass is 462 g/mol. The Balaban J connectivity index is 1.19. The first kappa shape index (κ1) is 23.4. The maximum Gasteiger partial charge on any atom is 0.312 e. The largest absolute Gasteiger partial charge is 0.352 e. The predicted octanol–water partition coefficient (Wildman–Crippen LogP) is 2.60. The number of nitrogens with one attached hydrogen (secondary N) is 1. The summed E-state index contributed by atoms with van der Waals surface area (Å²) in [6.45, 7) is 6.39. The highest BCUT2D eigenvalue weighted by molar-refractivity contribution is 5.94. The second-order valence-electron chi connectivity index (χ2n) is 8.53. The van der Waals surface area contributed by atoms with E-state index < -0.39 is 6.03 Å². The molecule has 3 amide bonds. The smallest absolute Gasteiger partial charge is 0.312 e. The van der Waals surface area contributed by atoms with Crippen molar-refractivity contribution < 1.29 is 14.1 Å². The summed E-state index contributed by atoms with van der Waals surface area (Å²) in [6, 6.07) is 14.8. The highest BCUT2D eigenvalue weighted by atomic mass is 16.5. The summed E-state index contributed by atoms with van der Waals surface area (Å²) in [6.07, 6.45) is 1.65. The number of hydrogen-bond donors (Lipinski definition) is 2. The number of aromatic nitrogens is 2. The minimum Gasteiger partial charge on any atom is -0.352 e. The van der Waals surface area contributed by atoms with E-state index in [4.69, 9.17) is 10.3 Å². The fraction of sp³-hybridized carbons (Fsp3) is 0.360. The number of aryl methyl sites for hydroxylation is 2. The van der Waals surface area contributed by atoms with Gasteiger partial charge >= 0.3 is 6.03 Å². The highest BCUT2D eigenvalue weighted by Crippen LogP contribution is 2.17. The van der Waals surface area contributed by atoms with Crippen molar-refractivity contribution in [2.45, 2.75) is 26.3 Å². The number of urea groups is 1. The van der Waals surface area contributed by atoms with E-state index in [0.29, 0.717) is 36.9 Å². The lowest BCUT2D eigenvalue weighted by Gasteiger charge is -2.34. The molecule has 9 nitrogen and oxygen atoms in total. The molecule has 0 radical (unpaired) electrons. The highest BCUT2D eigenvalue weighted by Gasteiger charge is 2.22. The van der Waals surface area contributed by atoms with Gasteiger partial charge in [-0.15, -0.1) is 0 Å². The molecule has 2 heterocycles.